The number of aromatic nitrogens is 3. The van der Waals surface area contributed by atoms with Gasteiger partial charge in [0.05, 0.1) is 30.1 Å². The lowest BCUT2D eigenvalue weighted by molar-refractivity contribution is -0.131. The molecule has 5 rings (SSSR count). The molecule has 0 unspecified atom stereocenters. The van der Waals surface area contributed by atoms with Crippen molar-refractivity contribution in [1.29, 1.82) is 0 Å². The second-order valence-corrected chi connectivity index (χ2v) is 15.6. The smallest absolute Gasteiger partial charge is 0.404 e. The molecule has 5 N–H and O–H groups in total. The number of urea groups is 1. The first-order chi connectivity index (χ1) is 27.8. The second kappa shape index (κ2) is 20.5. The molecular formula is C43H55N9O6. The molecule has 4 atom stereocenters. The highest BCUT2D eigenvalue weighted by molar-refractivity contribution is 5.88. The minimum Gasteiger partial charge on any atom is -0.465 e. The third-order valence-corrected chi connectivity index (χ3v) is 10.3. The van der Waals surface area contributed by atoms with Gasteiger partial charge in [-0.1, -0.05) is 94.8 Å². The highest BCUT2D eigenvalue weighted by Gasteiger charge is 2.41. The van der Waals surface area contributed by atoms with Crippen molar-refractivity contribution in [2.75, 3.05) is 26.2 Å². The van der Waals surface area contributed by atoms with Crippen LogP contribution in [0.3, 0.4) is 0 Å². The topological polar surface area (TPSA) is 193 Å². The Balaban J connectivity index is 1.37. The van der Waals surface area contributed by atoms with E-state index in [1.54, 1.807) is 53.2 Å². The van der Waals surface area contributed by atoms with E-state index in [2.05, 4.69) is 31.2 Å². The number of carbonyl (C=O) groups excluding carboxylic acids is 3. The van der Waals surface area contributed by atoms with Crippen LogP contribution in [-0.2, 0) is 29.1 Å². The second-order valence-electron chi connectivity index (χ2n) is 15.6. The minimum atomic E-state index is -1.18. The first-order valence-corrected chi connectivity index (χ1v) is 19.7. The van der Waals surface area contributed by atoms with Crippen LogP contribution in [0.5, 0.6) is 0 Å². The number of nitrogens with one attached hydrogen (secondary N) is 3. The zero-order chi connectivity index (χ0) is 41.7. The lowest BCUT2D eigenvalue weighted by Gasteiger charge is -2.35. The Bertz CT molecular complexity index is 1940. The van der Waals surface area contributed by atoms with Crippen molar-refractivity contribution >= 4 is 23.9 Å². The molecule has 1 aliphatic heterocycles. The average molecular weight is 794 g/mol. The summed E-state index contributed by atoms with van der Waals surface area (Å²) in [6.07, 6.45) is 1.85. The number of benzene rings is 2. The minimum absolute atomic E-state index is 0.00299. The van der Waals surface area contributed by atoms with Crippen molar-refractivity contribution in [3.05, 3.63) is 114 Å². The summed E-state index contributed by atoms with van der Waals surface area (Å²) < 4.78 is 0. The third kappa shape index (κ3) is 12.5. The molecule has 2 aromatic carbocycles. The summed E-state index contributed by atoms with van der Waals surface area (Å²) in [6.45, 7) is 8.75. The normalized spacial score (nSPS) is 15.1. The largest absolute Gasteiger partial charge is 0.465 e. The Morgan fingerprint density at radius 3 is 2.33 bits per heavy atom. The van der Waals surface area contributed by atoms with Crippen LogP contribution in [0.25, 0.3) is 11.3 Å². The van der Waals surface area contributed by atoms with Crippen LogP contribution in [0.2, 0.25) is 0 Å². The van der Waals surface area contributed by atoms with Gasteiger partial charge in [-0.15, -0.1) is 0 Å². The van der Waals surface area contributed by atoms with Crippen molar-refractivity contribution in [2.24, 2.45) is 11.3 Å². The molecular weight excluding hydrogens is 739 g/mol. The van der Waals surface area contributed by atoms with Gasteiger partial charge in [-0.05, 0) is 53.1 Å². The van der Waals surface area contributed by atoms with Crippen LogP contribution in [0.15, 0.2) is 97.3 Å². The Labute approximate surface area is 339 Å². The third-order valence-electron chi connectivity index (χ3n) is 10.3. The number of hydrazine groups is 1. The maximum atomic E-state index is 14.4. The van der Waals surface area contributed by atoms with Gasteiger partial charge in [0.25, 0.3) is 0 Å². The van der Waals surface area contributed by atoms with Crippen molar-refractivity contribution < 1.29 is 29.4 Å². The molecule has 308 valence electrons. The Morgan fingerprint density at radius 2 is 1.67 bits per heavy atom. The average Bonchev–Trinajstić information content (AvgIpc) is 3.56. The van der Waals surface area contributed by atoms with Gasteiger partial charge >= 0.3 is 12.1 Å². The van der Waals surface area contributed by atoms with E-state index in [-0.39, 0.29) is 62.8 Å². The molecule has 2 aromatic heterocycles. The van der Waals surface area contributed by atoms with Crippen molar-refractivity contribution in [3.63, 3.8) is 0 Å². The Kier molecular flexibility index (Phi) is 15.3. The van der Waals surface area contributed by atoms with Gasteiger partial charge in [0.2, 0.25) is 11.8 Å². The van der Waals surface area contributed by atoms with Crippen LogP contribution in [-0.4, -0.2) is 109 Å². The van der Waals surface area contributed by atoms with E-state index in [0.717, 1.165) is 22.4 Å². The fourth-order valence-electron chi connectivity index (χ4n) is 7.03. The summed E-state index contributed by atoms with van der Waals surface area (Å²) in [4.78, 5) is 60.6. The van der Waals surface area contributed by atoms with E-state index in [1.807, 2.05) is 86.6 Å². The van der Waals surface area contributed by atoms with Gasteiger partial charge in [0.1, 0.15) is 6.04 Å². The quantitative estimate of drug-likeness (QED) is 0.0797. The predicted octanol–water partition coefficient (Wildman–Crippen LogP) is 4.50. The number of hydrogen-bond acceptors (Lipinski definition) is 9. The predicted molar refractivity (Wildman–Crippen MR) is 219 cm³/mol. The molecule has 1 saturated heterocycles. The van der Waals surface area contributed by atoms with E-state index in [1.165, 1.54) is 0 Å². The van der Waals surface area contributed by atoms with E-state index in [4.69, 9.17) is 5.11 Å². The highest BCUT2D eigenvalue weighted by atomic mass is 16.4. The van der Waals surface area contributed by atoms with Gasteiger partial charge in [-0.25, -0.2) is 14.6 Å². The number of rotatable bonds is 20. The van der Waals surface area contributed by atoms with Crippen molar-refractivity contribution in [1.82, 2.24) is 46.0 Å². The van der Waals surface area contributed by atoms with E-state index in [9.17, 15) is 24.3 Å². The van der Waals surface area contributed by atoms with Crippen molar-refractivity contribution in [3.8, 4) is 11.3 Å². The molecule has 1 aliphatic rings. The molecule has 0 spiro atoms. The van der Waals surface area contributed by atoms with Gasteiger partial charge in [-0.2, -0.15) is 10.2 Å². The molecule has 58 heavy (non-hydrogen) atoms. The SMILES string of the molecule is CC[C@H](C)[C@@H](C(=O)N[C@@H](Cc1ccccc1)[C@@H](O)CN(Cc1ccc(-c2ccccn2)cc1)NC(=O)CC(C)(C)CNC(=O)O)N1CCN(Cc2cccnn2)C1=O. The molecule has 4 aromatic rings. The Morgan fingerprint density at radius 1 is 0.931 bits per heavy atom. The number of aliphatic hydroxyl groups excluding tert-OH is 1. The zero-order valence-corrected chi connectivity index (χ0v) is 33.6. The van der Waals surface area contributed by atoms with Gasteiger partial charge < -0.3 is 30.6 Å². The highest BCUT2D eigenvalue weighted by Crippen LogP contribution is 2.24. The first kappa shape index (κ1) is 43.2. The summed E-state index contributed by atoms with van der Waals surface area (Å²) in [6, 6.07) is 24.6. The summed E-state index contributed by atoms with van der Waals surface area (Å²) >= 11 is 0. The van der Waals surface area contributed by atoms with Crippen molar-refractivity contribution in [2.45, 2.75) is 78.2 Å². The fraction of sp³-hybridized carbons (Fsp3) is 0.419. The Hall–Kier alpha value is -5.93. The van der Waals surface area contributed by atoms with Gasteiger partial charge in [-0.3, -0.25) is 20.0 Å². The van der Waals surface area contributed by atoms with E-state index < -0.39 is 29.7 Å². The number of carboxylic acid groups (broad SMARTS) is 1. The number of hydrogen-bond donors (Lipinski definition) is 5. The lowest BCUT2D eigenvalue weighted by Crippen LogP contribution is -2.58. The standard InChI is InChI=1S/C43H55N9O6/c1-5-30(2)39(52-23-22-50(42(52)58)27-34-14-11-21-46-48-34)40(55)47-36(24-31-12-7-6-8-13-31)37(53)28-51(49-38(54)25-43(3,4)29-45-41(56)57)26-32-16-18-33(19-17-32)35-15-9-10-20-44-35/h6-21,30,36-37,39,45,53H,5,22-29H2,1-4H3,(H,47,55)(H,49,54)(H,56,57)/t30-,36-,37-,39-/m0/s1. The van der Waals surface area contributed by atoms with Crippen LogP contribution in [0.4, 0.5) is 9.59 Å². The van der Waals surface area contributed by atoms with E-state index >= 15 is 0 Å². The number of pyridine rings is 1. The summed E-state index contributed by atoms with van der Waals surface area (Å²) in [7, 11) is 0. The monoisotopic (exact) mass is 793 g/mol. The molecule has 1 fully saturated rings. The molecule has 3 heterocycles. The van der Waals surface area contributed by atoms with Gasteiger partial charge in [0, 0.05) is 57.1 Å². The summed E-state index contributed by atoms with van der Waals surface area (Å²) in [5.41, 5.74) is 6.35. The molecule has 0 radical (unpaired) electrons. The summed E-state index contributed by atoms with van der Waals surface area (Å²) in [5, 5.41) is 36.3. The van der Waals surface area contributed by atoms with Crippen LogP contribution < -0.4 is 16.1 Å². The van der Waals surface area contributed by atoms with Crippen LogP contribution in [0.1, 0.15) is 57.4 Å². The number of carbonyl (C=O) groups is 4. The molecule has 15 heteroatoms. The maximum absolute atomic E-state index is 14.4. The fourth-order valence-corrected chi connectivity index (χ4v) is 7.03. The molecule has 5 amide bonds. The molecule has 0 bridgehead atoms. The zero-order valence-electron chi connectivity index (χ0n) is 33.6. The number of aliphatic hydroxyl groups is 1. The van der Waals surface area contributed by atoms with E-state index in [0.29, 0.717) is 25.2 Å². The lowest BCUT2D eigenvalue weighted by atomic mass is 9.89. The molecule has 0 aliphatic carbocycles. The van der Waals surface area contributed by atoms with Gasteiger partial charge in [0.15, 0.2) is 0 Å². The van der Waals surface area contributed by atoms with Crippen LogP contribution >= 0.6 is 0 Å². The summed E-state index contributed by atoms with van der Waals surface area (Å²) in [5.74, 6) is -0.940. The van der Waals surface area contributed by atoms with Crippen LogP contribution in [0, 0.1) is 11.3 Å². The number of amides is 5. The first-order valence-electron chi connectivity index (χ1n) is 19.7. The number of nitrogens with zero attached hydrogens (tertiary/aromatic N) is 6. The molecule has 0 saturated carbocycles. The molecule has 15 nitrogen and oxygen atoms in total. The maximum Gasteiger partial charge on any atom is 0.404 e.